The van der Waals surface area contributed by atoms with Crippen molar-refractivity contribution in [1.29, 1.82) is 0 Å². The predicted octanol–water partition coefficient (Wildman–Crippen LogP) is 3.70. The van der Waals surface area contributed by atoms with Gasteiger partial charge in [0.15, 0.2) is 11.5 Å². The lowest BCUT2D eigenvalue weighted by Crippen LogP contribution is -2.54. The lowest BCUT2D eigenvalue weighted by atomic mass is 9.97. The molecule has 3 rings (SSSR count). The molecule has 0 saturated heterocycles. The molecule has 0 fully saturated rings. The average molecular weight is 543 g/mol. The highest BCUT2D eigenvalue weighted by molar-refractivity contribution is 7.89. The Hall–Kier alpha value is -3.63. The Morgan fingerprint density at radius 3 is 2.24 bits per heavy atom. The van der Waals surface area contributed by atoms with E-state index in [1.54, 1.807) is 6.92 Å². The first-order valence-electron chi connectivity index (χ1n) is 12.2. The van der Waals surface area contributed by atoms with Crippen molar-refractivity contribution >= 4 is 32.7 Å². The van der Waals surface area contributed by atoms with Crippen LogP contribution in [-0.4, -0.2) is 63.1 Å². The van der Waals surface area contributed by atoms with E-state index in [9.17, 15) is 23.1 Å². The number of methoxy groups -OCH3 is 2. The van der Waals surface area contributed by atoms with E-state index in [0.717, 1.165) is 20.6 Å². The van der Waals surface area contributed by atoms with E-state index in [1.165, 1.54) is 39.5 Å². The van der Waals surface area contributed by atoms with Gasteiger partial charge in [0.1, 0.15) is 12.1 Å². The number of aliphatic carboxylic acids is 1. The van der Waals surface area contributed by atoms with Gasteiger partial charge in [0.05, 0.1) is 19.1 Å². The highest BCUT2D eigenvalue weighted by Crippen LogP contribution is 2.31. The van der Waals surface area contributed by atoms with Crippen LogP contribution < -0.4 is 14.8 Å². The summed E-state index contributed by atoms with van der Waals surface area (Å²) >= 11 is 0. The number of ether oxygens (including phenoxy) is 2. The van der Waals surface area contributed by atoms with Gasteiger partial charge >= 0.3 is 5.97 Å². The molecule has 0 aromatic heterocycles. The summed E-state index contributed by atoms with van der Waals surface area (Å²) in [5, 5.41) is 14.4. The molecule has 3 atom stereocenters. The molecule has 204 valence electrons. The highest BCUT2D eigenvalue weighted by atomic mass is 32.2. The molecule has 0 heterocycles. The van der Waals surface area contributed by atoms with Crippen molar-refractivity contribution in [2.24, 2.45) is 5.92 Å². The van der Waals surface area contributed by atoms with Crippen molar-refractivity contribution in [3.63, 3.8) is 0 Å². The molecule has 0 spiro atoms. The third-order valence-electron chi connectivity index (χ3n) is 6.74. The van der Waals surface area contributed by atoms with E-state index in [1.807, 2.05) is 49.4 Å². The summed E-state index contributed by atoms with van der Waals surface area (Å²) in [5.41, 5.74) is 0.739. The van der Waals surface area contributed by atoms with Crippen LogP contribution in [0.25, 0.3) is 10.8 Å². The largest absolute Gasteiger partial charge is 0.493 e. The Labute approximate surface area is 223 Å². The lowest BCUT2D eigenvalue weighted by Gasteiger charge is -2.31. The number of hydrogen-bond acceptors (Lipinski definition) is 6. The number of carbonyl (C=O) groups is 2. The normalized spacial score (nSPS) is 14.1. The molecule has 1 amide bonds. The maximum absolute atomic E-state index is 13.5. The number of carbonyl (C=O) groups excluding carboxylic acids is 1. The molecule has 3 aromatic carbocycles. The van der Waals surface area contributed by atoms with Crippen LogP contribution in [0.3, 0.4) is 0 Å². The molecule has 10 heteroatoms. The maximum Gasteiger partial charge on any atom is 0.326 e. The molecule has 38 heavy (non-hydrogen) atoms. The van der Waals surface area contributed by atoms with Crippen LogP contribution in [-0.2, 0) is 26.0 Å². The second-order valence-electron chi connectivity index (χ2n) is 9.15. The van der Waals surface area contributed by atoms with E-state index < -0.39 is 39.9 Å². The first kappa shape index (κ1) is 28.9. The van der Waals surface area contributed by atoms with E-state index in [-0.39, 0.29) is 17.1 Å². The Morgan fingerprint density at radius 1 is 0.974 bits per heavy atom. The van der Waals surface area contributed by atoms with E-state index >= 15 is 0 Å². The van der Waals surface area contributed by atoms with Gasteiger partial charge in [-0.3, -0.25) is 4.79 Å². The van der Waals surface area contributed by atoms with Gasteiger partial charge in [0.2, 0.25) is 15.9 Å². The Morgan fingerprint density at radius 2 is 1.63 bits per heavy atom. The highest BCUT2D eigenvalue weighted by Gasteiger charge is 2.38. The first-order valence-corrected chi connectivity index (χ1v) is 13.7. The fourth-order valence-electron chi connectivity index (χ4n) is 4.36. The summed E-state index contributed by atoms with van der Waals surface area (Å²) in [5.74, 6) is -1.69. The maximum atomic E-state index is 13.5. The predicted molar refractivity (Wildman–Crippen MR) is 145 cm³/mol. The number of hydrogen-bond donors (Lipinski definition) is 2. The molecule has 0 aliphatic rings. The molecule has 0 aliphatic heterocycles. The number of sulfonamides is 1. The van der Waals surface area contributed by atoms with Crippen molar-refractivity contribution < 1.29 is 32.6 Å². The average Bonchev–Trinajstić information content (AvgIpc) is 2.91. The Bertz CT molecular complexity index is 1410. The second-order valence-corrected chi connectivity index (χ2v) is 11.2. The fourth-order valence-corrected chi connectivity index (χ4v) is 5.79. The van der Waals surface area contributed by atoms with Gasteiger partial charge in [-0.25, -0.2) is 13.2 Å². The van der Waals surface area contributed by atoms with Gasteiger partial charge in [-0.15, -0.1) is 0 Å². The van der Waals surface area contributed by atoms with Crippen LogP contribution in [0.1, 0.15) is 25.8 Å². The third kappa shape index (κ3) is 6.25. The molecular formula is C28H34N2O7S. The zero-order valence-corrected chi connectivity index (χ0v) is 23.0. The van der Waals surface area contributed by atoms with Crippen molar-refractivity contribution in [2.75, 3.05) is 21.3 Å². The minimum atomic E-state index is -4.15. The Kier molecular flexibility index (Phi) is 9.35. The smallest absolute Gasteiger partial charge is 0.326 e. The molecule has 0 bridgehead atoms. The van der Waals surface area contributed by atoms with Crippen LogP contribution in [0.4, 0.5) is 0 Å². The van der Waals surface area contributed by atoms with Crippen molar-refractivity contribution in [2.45, 2.75) is 43.7 Å². The topological polar surface area (TPSA) is 122 Å². The summed E-state index contributed by atoms with van der Waals surface area (Å²) in [6.45, 7) is 3.59. The lowest BCUT2D eigenvalue weighted by molar-refractivity contribution is -0.142. The number of fused-ring (bicyclic) bond motifs is 1. The quantitative estimate of drug-likeness (QED) is 0.358. The summed E-state index contributed by atoms with van der Waals surface area (Å²) in [6, 6.07) is 15.1. The molecule has 3 aromatic rings. The monoisotopic (exact) mass is 542 g/mol. The van der Waals surface area contributed by atoms with Crippen molar-refractivity contribution in [3.8, 4) is 11.5 Å². The molecule has 0 unspecified atom stereocenters. The number of carboxylic acids is 1. The molecular weight excluding hydrogens is 508 g/mol. The second kappa shape index (κ2) is 12.3. The minimum Gasteiger partial charge on any atom is -0.493 e. The van der Waals surface area contributed by atoms with Crippen LogP contribution >= 0.6 is 0 Å². The minimum absolute atomic E-state index is 0.0469. The number of nitrogens with zero attached hydrogens (tertiary/aromatic N) is 1. The van der Waals surface area contributed by atoms with Crippen molar-refractivity contribution in [1.82, 2.24) is 9.62 Å². The van der Waals surface area contributed by atoms with Gasteiger partial charge in [0.25, 0.3) is 0 Å². The Balaban J connectivity index is 1.88. The molecule has 0 aliphatic carbocycles. The van der Waals surface area contributed by atoms with Gasteiger partial charge in [-0.1, -0.05) is 62.7 Å². The third-order valence-corrected chi connectivity index (χ3v) is 8.58. The number of nitrogens with one attached hydrogen (secondary N) is 1. The molecule has 2 N–H and O–H groups in total. The van der Waals surface area contributed by atoms with E-state index in [4.69, 9.17) is 9.47 Å². The fraction of sp³-hybridized carbons (Fsp3) is 0.357. The zero-order valence-electron chi connectivity index (χ0n) is 22.2. The van der Waals surface area contributed by atoms with Crippen LogP contribution in [0, 0.1) is 5.92 Å². The van der Waals surface area contributed by atoms with Crippen LogP contribution in [0.2, 0.25) is 0 Å². The number of rotatable bonds is 12. The van der Waals surface area contributed by atoms with Gasteiger partial charge in [-0.2, -0.15) is 4.31 Å². The number of likely N-dealkylation sites (N-methyl/N-ethyl adjacent to an activating group) is 1. The molecule has 0 radical (unpaired) electrons. The summed E-state index contributed by atoms with van der Waals surface area (Å²) < 4.78 is 38.5. The number of amides is 1. The van der Waals surface area contributed by atoms with Gasteiger partial charge < -0.3 is 19.9 Å². The summed E-state index contributed by atoms with van der Waals surface area (Å²) in [4.78, 5) is 25.5. The van der Waals surface area contributed by atoms with Gasteiger partial charge in [-0.05, 0) is 34.4 Å². The van der Waals surface area contributed by atoms with Gasteiger partial charge in [0, 0.05) is 19.5 Å². The van der Waals surface area contributed by atoms with Crippen molar-refractivity contribution in [3.05, 3.63) is 66.2 Å². The molecule has 9 nitrogen and oxygen atoms in total. The number of carboxylic acid groups (broad SMARTS) is 1. The molecule has 0 saturated carbocycles. The van der Waals surface area contributed by atoms with Crippen LogP contribution in [0.15, 0.2) is 65.6 Å². The zero-order chi connectivity index (χ0) is 28.0. The van der Waals surface area contributed by atoms with Crippen LogP contribution in [0.5, 0.6) is 11.5 Å². The number of benzene rings is 3. The summed E-state index contributed by atoms with van der Waals surface area (Å²) in [6.07, 6.45) is 0.539. The first-order chi connectivity index (χ1) is 18.0. The van der Waals surface area contributed by atoms with E-state index in [2.05, 4.69) is 5.32 Å². The summed E-state index contributed by atoms with van der Waals surface area (Å²) in [7, 11) is 0.0158. The SMILES string of the molecule is CC[C@H](C)[C@@H](C(=O)N[C@@H](Cc1ccc2ccccc2c1)C(=O)O)N(C)S(=O)(=O)c1ccc(OC)c(OC)c1. The van der Waals surface area contributed by atoms with E-state index in [0.29, 0.717) is 12.2 Å². The standard InChI is InChI=1S/C28H34N2O7S/c1-6-18(2)26(30(3)38(34,35)22-13-14-24(36-4)25(17-22)37-5)27(31)29-23(28(32)33)16-19-11-12-20-9-7-8-10-21(20)15-19/h7-15,17-18,23,26H,6,16H2,1-5H3,(H,29,31)(H,32,33)/t18-,23-,26-/m0/s1.